The van der Waals surface area contributed by atoms with Gasteiger partial charge >= 0.3 is 6.03 Å². The topological polar surface area (TPSA) is 89.1 Å². The summed E-state index contributed by atoms with van der Waals surface area (Å²) in [6.45, 7) is 2.36. The van der Waals surface area contributed by atoms with E-state index >= 15 is 0 Å². The molecule has 9 heteroatoms. The molecular weight excluding hydrogens is 393 g/mol. The molecule has 160 valence electrons. The zero-order chi connectivity index (χ0) is 21.3. The maximum Gasteiger partial charge on any atom is 0.325 e. The third-order valence-electron chi connectivity index (χ3n) is 4.33. The fourth-order valence-electron chi connectivity index (χ4n) is 2.73. The van der Waals surface area contributed by atoms with E-state index < -0.39 is 11.9 Å². The number of nitrogens with zero attached hydrogens (tertiary/aromatic N) is 1. The first kappa shape index (κ1) is 21.4. The molecule has 0 spiro atoms. The van der Waals surface area contributed by atoms with Crippen LogP contribution in [-0.2, 0) is 4.79 Å². The molecule has 1 aliphatic rings. The summed E-state index contributed by atoms with van der Waals surface area (Å²) in [5, 5.41) is 4.90. The second-order valence-corrected chi connectivity index (χ2v) is 6.72. The van der Waals surface area contributed by atoms with Crippen LogP contribution < -0.4 is 24.8 Å². The van der Waals surface area contributed by atoms with E-state index in [4.69, 9.17) is 14.2 Å². The molecule has 0 radical (unpaired) electrons. The summed E-state index contributed by atoms with van der Waals surface area (Å²) in [6, 6.07) is 10.2. The molecule has 0 saturated heterocycles. The summed E-state index contributed by atoms with van der Waals surface area (Å²) in [7, 11) is 1.84. The second kappa shape index (κ2) is 10.4. The number of carbonyl (C=O) groups excluding carboxylic acids is 2. The number of imide groups is 1. The number of urea groups is 1. The van der Waals surface area contributed by atoms with Crippen LogP contribution in [0.1, 0.15) is 6.42 Å². The lowest BCUT2D eigenvalue weighted by molar-refractivity contribution is -0.120. The number of halogens is 1. The van der Waals surface area contributed by atoms with Crippen molar-refractivity contribution in [1.29, 1.82) is 0 Å². The highest BCUT2D eigenvalue weighted by molar-refractivity contribution is 6.01. The van der Waals surface area contributed by atoms with Crippen molar-refractivity contribution in [2.45, 2.75) is 6.42 Å². The Labute approximate surface area is 173 Å². The summed E-state index contributed by atoms with van der Waals surface area (Å²) in [6.07, 6.45) is 0.154. The van der Waals surface area contributed by atoms with Gasteiger partial charge in [0.1, 0.15) is 31.4 Å². The number of hydrogen-bond acceptors (Lipinski definition) is 6. The van der Waals surface area contributed by atoms with Gasteiger partial charge < -0.3 is 24.4 Å². The maximum absolute atomic E-state index is 12.9. The average Bonchev–Trinajstić information content (AvgIpc) is 2.73. The number of rotatable bonds is 8. The van der Waals surface area contributed by atoms with Gasteiger partial charge in [-0.1, -0.05) is 0 Å². The SMILES string of the molecule is CN(CCOc1ccc(F)cc1)CCC(=O)NC(=O)Nc1ccc2c(c1)OCCO2. The van der Waals surface area contributed by atoms with E-state index in [0.29, 0.717) is 55.8 Å². The Hall–Kier alpha value is -3.33. The molecule has 0 aromatic heterocycles. The van der Waals surface area contributed by atoms with Gasteiger partial charge in [0.05, 0.1) is 0 Å². The zero-order valence-electron chi connectivity index (χ0n) is 16.7. The van der Waals surface area contributed by atoms with E-state index in [9.17, 15) is 14.0 Å². The lowest BCUT2D eigenvalue weighted by Crippen LogP contribution is -2.36. The number of anilines is 1. The molecule has 3 rings (SSSR count). The lowest BCUT2D eigenvalue weighted by Gasteiger charge is -2.19. The normalized spacial score (nSPS) is 12.4. The highest BCUT2D eigenvalue weighted by Crippen LogP contribution is 2.32. The first-order chi connectivity index (χ1) is 14.5. The fraction of sp³-hybridized carbons (Fsp3) is 0.333. The molecule has 8 nitrogen and oxygen atoms in total. The summed E-state index contributed by atoms with van der Waals surface area (Å²) in [4.78, 5) is 25.9. The third-order valence-corrected chi connectivity index (χ3v) is 4.33. The lowest BCUT2D eigenvalue weighted by atomic mass is 10.2. The van der Waals surface area contributed by atoms with Crippen molar-refractivity contribution in [3.8, 4) is 17.2 Å². The Morgan fingerprint density at radius 1 is 1.07 bits per heavy atom. The number of fused-ring (bicyclic) bond motifs is 1. The Morgan fingerprint density at radius 3 is 2.57 bits per heavy atom. The van der Waals surface area contributed by atoms with E-state index in [1.165, 1.54) is 12.1 Å². The third kappa shape index (κ3) is 6.63. The highest BCUT2D eigenvalue weighted by atomic mass is 19.1. The standard InChI is InChI=1S/C21H24FN3O5/c1-25(10-11-28-17-5-2-15(22)3-6-17)9-8-20(26)24-21(27)23-16-4-7-18-19(14-16)30-13-12-29-18/h2-7,14H,8-13H2,1H3,(H2,23,24,26,27). The minimum absolute atomic E-state index is 0.154. The van der Waals surface area contributed by atoms with Gasteiger partial charge in [-0.25, -0.2) is 9.18 Å². The zero-order valence-corrected chi connectivity index (χ0v) is 16.7. The fourth-order valence-corrected chi connectivity index (χ4v) is 2.73. The molecule has 2 aromatic rings. The van der Waals surface area contributed by atoms with Crippen LogP contribution in [0.15, 0.2) is 42.5 Å². The molecule has 1 heterocycles. The second-order valence-electron chi connectivity index (χ2n) is 6.72. The van der Waals surface area contributed by atoms with Gasteiger partial charge in [-0.15, -0.1) is 0 Å². The minimum Gasteiger partial charge on any atom is -0.492 e. The van der Waals surface area contributed by atoms with Crippen molar-refractivity contribution >= 4 is 17.6 Å². The average molecular weight is 417 g/mol. The van der Waals surface area contributed by atoms with E-state index in [0.717, 1.165) is 0 Å². The van der Waals surface area contributed by atoms with Crippen LogP contribution in [0.25, 0.3) is 0 Å². The molecule has 3 amide bonds. The molecule has 0 unspecified atom stereocenters. The smallest absolute Gasteiger partial charge is 0.325 e. The van der Waals surface area contributed by atoms with Crippen LogP contribution in [0.4, 0.5) is 14.9 Å². The van der Waals surface area contributed by atoms with Gasteiger partial charge in [0.25, 0.3) is 0 Å². The Bertz CT molecular complexity index is 875. The van der Waals surface area contributed by atoms with Crippen LogP contribution in [0.5, 0.6) is 17.2 Å². The van der Waals surface area contributed by atoms with Crippen LogP contribution in [-0.4, -0.2) is 56.8 Å². The summed E-state index contributed by atoms with van der Waals surface area (Å²) >= 11 is 0. The van der Waals surface area contributed by atoms with Crippen LogP contribution in [0.2, 0.25) is 0 Å². The number of likely N-dealkylation sites (N-methyl/N-ethyl adjacent to an activating group) is 1. The Morgan fingerprint density at radius 2 is 1.80 bits per heavy atom. The van der Waals surface area contributed by atoms with E-state index in [1.54, 1.807) is 30.3 Å². The molecule has 2 N–H and O–H groups in total. The molecule has 2 aromatic carbocycles. The maximum atomic E-state index is 12.9. The predicted octanol–water partition coefficient (Wildman–Crippen LogP) is 2.65. The molecule has 0 saturated carbocycles. The van der Waals surface area contributed by atoms with Gasteiger partial charge in [0, 0.05) is 31.3 Å². The molecule has 0 fully saturated rings. The van der Waals surface area contributed by atoms with E-state index in [-0.39, 0.29) is 12.2 Å². The molecule has 0 atom stereocenters. The molecule has 0 aliphatic carbocycles. The largest absolute Gasteiger partial charge is 0.492 e. The number of benzene rings is 2. The van der Waals surface area contributed by atoms with Crippen molar-refractivity contribution in [3.05, 3.63) is 48.3 Å². The Kier molecular flexibility index (Phi) is 7.45. The van der Waals surface area contributed by atoms with Crippen molar-refractivity contribution in [3.63, 3.8) is 0 Å². The molecule has 30 heavy (non-hydrogen) atoms. The molecular formula is C21H24FN3O5. The van der Waals surface area contributed by atoms with Crippen LogP contribution in [0, 0.1) is 5.82 Å². The summed E-state index contributed by atoms with van der Waals surface area (Å²) < 4.78 is 29.3. The van der Waals surface area contributed by atoms with Crippen LogP contribution in [0.3, 0.4) is 0 Å². The van der Waals surface area contributed by atoms with Gasteiger partial charge in [0.2, 0.25) is 5.91 Å². The first-order valence-electron chi connectivity index (χ1n) is 9.57. The van der Waals surface area contributed by atoms with Gasteiger partial charge in [-0.2, -0.15) is 0 Å². The summed E-state index contributed by atoms with van der Waals surface area (Å²) in [5.41, 5.74) is 0.500. The van der Waals surface area contributed by atoms with Crippen molar-refractivity contribution in [2.75, 3.05) is 45.3 Å². The predicted molar refractivity (Wildman–Crippen MR) is 109 cm³/mol. The Balaban J connectivity index is 1.33. The monoisotopic (exact) mass is 417 g/mol. The highest BCUT2D eigenvalue weighted by Gasteiger charge is 2.14. The van der Waals surface area contributed by atoms with Gasteiger partial charge in [-0.05, 0) is 43.4 Å². The van der Waals surface area contributed by atoms with E-state index in [1.807, 2.05) is 11.9 Å². The van der Waals surface area contributed by atoms with Gasteiger partial charge in [-0.3, -0.25) is 10.1 Å². The van der Waals surface area contributed by atoms with Crippen molar-refractivity contribution < 1.29 is 28.2 Å². The van der Waals surface area contributed by atoms with Crippen LogP contribution >= 0.6 is 0 Å². The number of carbonyl (C=O) groups is 2. The first-order valence-corrected chi connectivity index (χ1v) is 9.57. The summed E-state index contributed by atoms with van der Waals surface area (Å²) in [5.74, 6) is 1.04. The molecule has 0 bridgehead atoms. The number of nitrogens with one attached hydrogen (secondary N) is 2. The van der Waals surface area contributed by atoms with Gasteiger partial charge in [0.15, 0.2) is 11.5 Å². The number of amides is 3. The van der Waals surface area contributed by atoms with Crippen molar-refractivity contribution in [2.24, 2.45) is 0 Å². The van der Waals surface area contributed by atoms with Crippen molar-refractivity contribution in [1.82, 2.24) is 10.2 Å². The number of ether oxygens (including phenoxy) is 3. The van der Waals surface area contributed by atoms with E-state index in [2.05, 4.69) is 10.6 Å². The minimum atomic E-state index is -0.612. The quantitative estimate of drug-likeness (QED) is 0.687. The number of hydrogen-bond donors (Lipinski definition) is 2. The molecule has 1 aliphatic heterocycles.